The molecule has 1 amide bonds. The largest absolute Gasteiger partial charge is 0.478 e. The Labute approximate surface area is 176 Å². The second-order valence-electron chi connectivity index (χ2n) is 7.95. The molecule has 0 bridgehead atoms. The lowest BCUT2D eigenvalue weighted by molar-refractivity contribution is -0.120. The van der Waals surface area contributed by atoms with E-state index in [2.05, 4.69) is 4.90 Å². The Balaban J connectivity index is 2.06. The second-order valence-corrected chi connectivity index (χ2v) is 7.95. The summed E-state index contributed by atoms with van der Waals surface area (Å²) >= 11 is 0. The molecule has 2 aromatic carbocycles. The number of benzene rings is 2. The Hall–Kier alpha value is -2.89. The fourth-order valence-corrected chi connectivity index (χ4v) is 4.48. The van der Waals surface area contributed by atoms with E-state index in [0.29, 0.717) is 12.0 Å². The Morgan fingerprint density at radius 3 is 2.33 bits per heavy atom. The summed E-state index contributed by atoms with van der Waals surface area (Å²) in [6, 6.07) is 11.1. The predicted molar refractivity (Wildman–Crippen MR) is 115 cm³/mol. The molecular weight excluding hydrogens is 383 g/mol. The Kier molecular flexibility index (Phi) is 7.08. The predicted octanol–water partition coefficient (Wildman–Crippen LogP) is 4.67. The Morgan fingerprint density at radius 1 is 1.10 bits per heavy atom. The molecule has 0 aromatic heterocycles. The minimum Gasteiger partial charge on any atom is -0.478 e. The number of carbonyl (C=O) groups excluding carboxylic acids is 1. The number of amides is 1. The summed E-state index contributed by atoms with van der Waals surface area (Å²) in [4.78, 5) is 26.0. The van der Waals surface area contributed by atoms with Crippen LogP contribution in [0.3, 0.4) is 0 Å². The first-order valence-electron chi connectivity index (χ1n) is 10.6. The normalized spacial score (nSPS) is 16.1. The molecule has 0 aliphatic carbocycles. The van der Waals surface area contributed by atoms with Crippen LogP contribution in [0.1, 0.15) is 72.3 Å². The number of primary amides is 1. The maximum absolute atomic E-state index is 14.2. The van der Waals surface area contributed by atoms with Gasteiger partial charge in [0.25, 0.3) is 0 Å². The van der Waals surface area contributed by atoms with Gasteiger partial charge in [-0.15, -0.1) is 0 Å². The standard InChI is InChI=1S/C24H29FN2O3/c1-2-6-20(22(23(26)28)16-7-9-17(10-8-16)24(29)30)19-12-11-18(25)15-21(19)27-13-4-3-5-14-27/h7-12,15,20,22H,2-6,13-14H2,1H3,(H2,26,28)(H,29,30). The van der Waals surface area contributed by atoms with E-state index in [1.165, 1.54) is 24.6 Å². The summed E-state index contributed by atoms with van der Waals surface area (Å²) in [5.41, 5.74) is 8.45. The fourth-order valence-electron chi connectivity index (χ4n) is 4.48. The SMILES string of the molecule is CCCC(c1ccc(F)cc1N1CCCCC1)C(C(N)=O)c1ccc(C(=O)O)cc1. The first kappa shape index (κ1) is 21.8. The lowest BCUT2D eigenvalue weighted by atomic mass is 9.77. The minimum atomic E-state index is -1.02. The molecule has 5 nitrogen and oxygen atoms in total. The molecule has 0 radical (unpaired) electrons. The van der Waals surface area contributed by atoms with E-state index in [-0.39, 0.29) is 17.3 Å². The van der Waals surface area contributed by atoms with Crippen LogP contribution in [0.2, 0.25) is 0 Å². The molecular formula is C24H29FN2O3. The van der Waals surface area contributed by atoms with Crippen molar-refractivity contribution in [2.24, 2.45) is 5.73 Å². The number of carboxylic acids is 1. The van der Waals surface area contributed by atoms with Crippen molar-refractivity contribution in [1.82, 2.24) is 0 Å². The van der Waals surface area contributed by atoms with E-state index < -0.39 is 17.8 Å². The molecule has 30 heavy (non-hydrogen) atoms. The summed E-state index contributed by atoms with van der Waals surface area (Å²) < 4.78 is 14.2. The quantitative estimate of drug-likeness (QED) is 0.660. The molecule has 0 spiro atoms. The first-order chi connectivity index (χ1) is 14.4. The Morgan fingerprint density at radius 2 is 1.77 bits per heavy atom. The van der Waals surface area contributed by atoms with E-state index in [9.17, 15) is 14.0 Å². The van der Waals surface area contributed by atoms with Crippen molar-refractivity contribution in [3.63, 3.8) is 0 Å². The van der Waals surface area contributed by atoms with Gasteiger partial charge in [-0.1, -0.05) is 31.5 Å². The third-order valence-electron chi connectivity index (χ3n) is 5.91. The van der Waals surface area contributed by atoms with E-state index in [1.807, 2.05) is 6.92 Å². The number of halogens is 1. The number of aromatic carboxylic acids is 1. The van der Waals surface area contributed by atoms with Gasteiger partial charge in [0.1, 0.15) is 5.82 Å². The third-order valence-corrected chi connectivity index (χ3v) is 5.91. The van der Waals surface area contributed by atoms with Crippen molar-refractivity contribution in [3.05, 3.63) is 65.0 Å². The highest BCUT2D eigenvalue weighted by atomic mass is 19.1. The average Bonchev–Trinajstić information content (AvgIpc) is 2.74. The van der Waals surface area contributed by atoms with Crippen LogP contribution in [-0.2, 0) is 4.79 Å². The van der Waals surface area contributed by atoms with E-state index >= 15 is 0 Å². The molecule has 1 aliphatic heterocycles. The van der Waals surface area contributed by atoms with Gasteiger partial charge in [0.05, 0.1) is 11.5 Å². The van der Waals surface area contributed by atoms with Crippen LogP contribution in [-0.4, -0.2) is 30.1 Å². The van der Waals surface area contributed by atoms with Crippen LogP contribution in [0.25, 0.3) is 0 Å². The molecule has 3 rings (SSSR count). The van der Waals surface area contributed by atoms with Crippen molar-refractivity contribution in [2.75, 3.05) is 18.0 Å². The molecule has 0 saturated carbocycles. The van der Waals surface area contributed by atoms with Crippen molar-refractivity contribution < 1.29 is 19.1 Å². The van der Waals surface area contributed by atoms with Crippen LogP contribution in [0, 0.1) is 5.82 Å². The maximum atomic E-state index is 14.2. The van der Waals surface area contributed by atoms with Gasteiger partial charge in [-0.05, 0) is 61.1 Å². The number of carbonyl (C=O) groups is 2. The Bertz CT molecular complexity index is 892. The molecule has 2 unspecified atom stereocenters. The number of rotatable bonds is 8. The van der Waals surface area contributed by atoms with Gasteiger partial charge >= 0.3 is 5.97 Å². The number of hydrogen-bond acceptors (Lipinski definition) is 3. The van der Waals surface area contributed by atoms with E-state index in [0.717, 1.165) is 43.6 Å². The summed E-state index contributed by atoms with van der Waals surface area (Å²) in [5, 5.41) is 9.17. The highest BCUT2D eigenvalue weighted by Crippen LogP contribution is 2.41. The third kappa shape index (κ3) is 4.81. The summed E-state index contributed by atoms with van der Waals surface area (Å²) in [6.07, 6.45) is 4.83. The van der Waals surface area contributed by atoms with Gasteiger partial charge in [-0.25, -0.2) is 9.18 Å². The zero-order valence-electron chi connectivity index (χ0n) is 17.3. The number of carboxylic acid groups (broad SMARTS) is 1. The summed E-state index contributed by atoms with van der Waals surface area (Å²) in [7, 11) is 0. The zero-order chi connectivity index (χ0) is 21.7. The van der Waals surface area contributed by atoms with Crippen LogP contribution in [0.5, 0.6) is 0 Å². The van der Waals surface area contributed by atoms with Gasteiger partial charge in [0, 0.05) is 24.7 Å². The van der Waals surface area contributed by atoms with E-state index in [1.54, 1.807) is 24.3 Å². The molecule has 2 aromatic rings. The lowest BCUT2D eigenvalue weighted by Gasteiger charge is -2.34. The highest BCUT2D eigenvalue weighted by molar-refractivity contribution is 5.88. The summed E-state index contributed by atoms with van der Waals surface area (Å²) in [5.74, 6) is -2.63. The molecule has 2 atom stereocenters. The van der Waals surface area contributed by atoms with Crippen molar-refractivity contribution in [1.29, 1.82) is 0 Å². The van der Waals surface area contributed by atoms with Crippen molar-refractivity contribution in [3.8, 4) is 0 Å². The zero-order valence-corrected chi connectivity index (χ0v) is 17.3. The fraction of sp³-hybridized carbons (Fsp3) is 0.417. The molecule has 1 heterocycles. The van der Waals surface area contributed by atoms with E-state index in [4.69, 9.17) is 10.8 Å². The van der Waals surface area contributed by atoms with Gasteiger partial charge in [0.2, 0.25) is 5.91 Å². The van der Waals surface area contributed by atoms with Crippen LogP contribution in [0.4, 0.5) is 10.1 Å². The molecule has 1 saturated heterocycles. The van der Waals surface area contributed by atoms with Gasteiger partial charge in [0.15, 0.2) is 0 Å². The minimum absolute atomic E-state index is 0.157. The molecule has 3 N–H and O–H groups in total. The number of anilines is 1. The number of piperidine rings is 1. The average molecular weight is 413 g/mol. The van der Waals surface area contributed by atoms with Crippen molar-refractivity contribution >= 4 is 17.6 Å². The molecule has 1 aliphatic rings. The maximum Gasteiger partial charge on any atom is 0.335 e. The summed E-state index contributed by atoms with van der Waals surface area (Å²) in [6.45, 7) is 3.77. The van der Waals surface area contributed by atoms with Gasteiger partial charge in [-0.2, -0.15) is 0 Å². The van der Waals surface area contributed by atoms with Crippen LogP contribution < -0.4 is 10.6 Å². The van der Waals surface area contributed by atoms with Gasteiger partial charge in [-0.3, -0.25) is 4.79 Å². The van der Waals surface area contributed by atoms with Crippen LogP contribution in [0.15, 0.2) is 42.5 Å². The lowest BCUT2D eigenvalue weighted by Crippen LogP contribution is -2.32. The number of nitrogens with zero attached hydrogens (tertiary/aromatic N) is 1. The highest BCUT2D eigenvalue weighted by Gasteiger charge is 2.32. The van der Waals surface area contributed by atoms with Crippen LogP contribution >= 0.6 is 0 Å². The number of hydrogen-bond donors (Lipinski definition) is 2. The molecule has 6 heteroatoms. The smallest absolute Gasteiger partial charge is 0.335 e. The first-order valence-corrected chi connectivity index (χ1v) is 10.6. The number of nitrogens with two attached hydrogens (primary N) is 1. The topological polar surface area (TPSA) is 83.6 Å². The molecule has 160 valence electrons. The van der Waals surface area contributed by atoms with Crippen molar-refractivity contribution in [2.45, 2.75) is 50.9 Å². The second kappa shape index (κ2) is 9.74. The van der Waals surface area contributed by atoms with Gasteiger partial charge < -0.3 is 15.7 Å². The monoisotopic (exact) mass is 412 g/mol. The molecule has 1 fully saturated rings.